The molecule has 2 N–H and O–H groups in total. The Labute approximate surface area is 139 Å². The fraction of sp³-hybridized carbons (Fsp3) is 0.706. The molecule has 0 bridgehead atoms. The summed E-state index contributed by atoms with van der Waals surface area (Å²) in [6.45, 7) is 12.7. The average Bonchev–Trinajstić information content (AvgIpc) is 2.47. The maximum Gasteiger partial charge on any atom is 0.319 e. The first-order valence-corrected chi connectivity index (χ1v) is 8.43. The summed E-state index contributed by atoms with van der Waals surface area (Å²) in [7, 11) is 0. The van der Waals surface area contributed by atoms with E-state index in [1.54, 1.807) is 12.4 Å². The Kier molecular flexibility index (Phi) is 5.57. The molecule has 0 aromatic carbocycles. The fourth-order valence-electron chi connectivity index (χ4n) is 2.95. The van der Waals surface area contributed by atoms with Gasteiger partial charge < -0.3 is 15.5 Å². The summed E-state index contributed by atoms with van der Waals surface area (Å²) in [5.41, 5.74) is 0.527. The van der Waals surface area contributed by atoms with Crippen LogP contribution in [0.15, 0.2) is 12.4 Å². The van der Waals surface area contributed by atoms with Crippen LogP contribution in [-0.4, -0.2) is 46.1 Å². The van der Waals surface area contributed by atoms with Crippen LogP contribution in [-0.2, 0) is 5.41 Å². The van der Waals surface area contributed by atoms with Crippen LogP contribution in [0.1, 0.15) is 53.3 Å². The quantitative estimate of drug-likeness (QED) is 0.899. The molecular weight excluding hydrogens is 290 g/mol. The molecule has 2 atom stereocenters. The number of amides is 2. The van der Waals surface area contributed by atoms with Gasteiger partial charge in [-0.25, -0.2) is 14.8 Å². The van der Waals surface area contributed by atoms with E-state index in [1.807, 2.05) is 0 Å². The minimum Gasteiger partial charge on any atom is -0.335 e. The number of hydrogen-bond acceptors (Lipinski definition) is 4. The van der Waals surface area contributed by atoms with Gasteiger partial charge in [-0.3, -0.25) is 0 Å². The largest absolute Gasteiger partial charge is 0.335 e. The first-order chi connectivity index (χ1) is 10.8. The smallest absolute Gasteiger partial charge is 0.319 e. The molecule has 1 aliphatic heterocycles. The Morgan fingerprint density at radius 2 is 2.00 bits per heavy atom. The highest BCUT2D eigenvalue weighted by Gasteiger charge is 2.25. The number of likely N-dealkylation sites (tertiary alicyclic amines) is 1. The van der Waals surface area contributed by atoms with Gasteiger partial charge >= 0.3 is 6.03 Å². The topological polar surface area (TPSA) is 70.2 Å². The predicted molar refractivity (Wildman–Crippen MR) is 92.6 cm³/mol. The van der Waals surface area contributed by atoms with E-state index in [2.05, 4.69) is 60.1 Å². The van der Waals surface area contributed by atoms with E-state index < -0.39 is 0 Å². The van der Waals surface area contributed by atoms with E-state index in [9.17, 15) is 4.79 Å². The molecule has 0 spiro atoms. The summed E-state index contributed by atoms with van der Waals surface area (Å²) in [5, 5.41) is 5.87. The number of carbonyl (C=O) groups is 1. The second-order valence-corrected chi connectivity index (χ2v) is 7.34. The molecule has 6 nitrogen and oxygen atoms in total. The third-order valence-electron chi connectivity index (χ3n) is 4.34. The number of nitrogens with zero attached hydrogens (tertiary/aromatic N) is 3. The molecule has 1 fully saturated rings. The third-order valence-corrected chi connectivity index (χ3v) is 4.34. The van der Waals surface area contributed by atoms with E-state index in [1.165, 1.54) is 0 Å². The van der Waals surface area contributed by atoms with Crippen molar-refractivity contribution in [1.82, 2.24) is 20.2 Å². The van der Waals surface area contributed by atoms with E-state index in [0.29, 0.717) is 11.7 Å². The third kappa shape index (κ3) is 4.89. The summed E-state index contributed by atoms with van der Waals surface area (Å²) >= 11 is 0. The second-order valence-electron chi connectivity index (χ2n) is 7.34. The molecule has 0 saturated carbocycles. The van der Waals surface area contributed by atoms with Crippen LogP contribution in [0, 0.1) is 0 Å². The molecule has 1 aliphatic rings. The molecule has 0 aliphatic carbocycles. The lowest BCUT2D eigenvalue weighted by Gasteiger charge is -2.37. The summed E-state index contributed by atoms with van der Waals surface area (Å²) in [4.78, 5) is 23.2. The number of rotatable bonds is 3. The minimum absolute atomic E-state index is 0.0931. The predicted octanol–water partition coefficient (Wildman–Crippen LogP) is 2.77. The Morgan fingerprint density at radius 3 is 2.52 bits per heavy atom. The van der Waals surface area contributed by atoms with Gasteiger partial charge in [-0.1, -0.05) is 27.7 Å². The van der Waals surface area contributed by atoms with Gasteiger partial charge in [-0.2, -0.15) is 0 Å². The lowest BCUT2D eigenvalue weighted by Crippen LogP contribution is -2.49. The molecule has 6 heteroatoms. The summed E-state index contributed by atoms with van der Waals surface area (Å²) in [5.74, 6) is 0.768. The lowest BCUT2D eigenvalue weighted by atomic mass is 9.96. The molecule has 0 unspecified atom stereocenters. The van der Waals surface area contributed by atoms with Crippen molar-refractivity contribution < 1.29 is 4.79 Å². The van der Waals surface area contributed by atoms with Crippen LogP contribution in [0.2, 0.25) is 0 Å². The van der Waals surface area contributed by atoms with Crippen molar-refractivity contribution in [2.45, 2.75) is 65.0 Å². The van der Waals surface area contributed by atoms with Crippen LogP contribution in [0.4, 0.5) is 10.5 Å². The van der Waals surface area contributed by atoms with E-state index in [4.69, 9.17) is 0 Å². The zero-order valence-corrected chi connectivity index (χ0v) is 14.9. The maximum atomic E-state index is 12.1. The van der Waals surface area contributed by atoms with Crippen LogP contribution >= 0.6 is 0 Å². The molecule has 2 heterocycles. The van der Waals surface area contributed by atoms with Gasteiger partial charge in [0, 0.05) is 24.0 Å². The van der Waals surface area contributed by atoms with Crippen molar-refractivity contribution >= 4 is 11.7 Å². The van der Waals surface area contributed by atoms with Gasteiger partial charge in [0.25, 0.3) is 0 Å². The lowest BCUT2D eigenvalue weighted by molar-refractivity contribution is 0.145. The molecule has 23 heavy (non-hydrogen) atoms. The van der Waals surface area contributed by atoms with Crippen molar-refractivity contribution in [1.29, 1.82) is 0 Å². The number of anilines is 1. The standard InChI is InChI=1S/C17H29N5O/c1-6-22-8-7-13(9-12(22)2)20-16(23)21-14-10-18-15(19-11-14)17(3,4)5/h10-13H,6-9H2,1-5H3,(H2,20,21,23)/t12-,13+/m1/s1. The summed E-state index contributed by atoms with van der Waals surface area (Å²) < 4.78 is 0. The number of hydrogen-bond donors (Lipinski definition) is 2. The van der Waals surface area contributed by atoms with E-state index in [-0.39, 0.29) is 17.5 Å². The number of piperidine rings is 1. The van der Waals surface area contributed by atoms with Gasteiger partial charge in [0.05, 0.1) is 18.1 Å². The number of urea groups is 1. The Hall–Kier alpha value is -1.69. The van der Waals surface area contributed by atoms with Gasteiger partial charge in [-0.15, -0.1) is 0 Å². The zero-order valence-electron chi connectivity index (χ0n) is 14.9. The van der Waals surface area contributed by atoms with Gasteiger partial charge in [0.1, 0.15) is 5.82 Å². The van der Waals surface area contributed by atoms with Crippen LogP contribution < -0.4 is 10.6 Å². The number of aromatic nitrogens is 2. The average molecular weight is 319 g/mol. The molecule has 1 aromatic rings. The molecule has 0 radical (unpaired) electrons. The molecule has 1 aromatic heterocycles. The van der Waals surface area contributed by atoms with Crippen molar-refractivity contribution in [3.05, 3.63) is 18.2 Å². The highest BCUT2D eigenvalue weighted by atomic mass is 16.2. The van der Waals surface area contributed by atoms with Crippen molar-refractivity contribution in [2.75, 3.05) is 18.4 Å². The van der Waals surface area contributed by atoms with Crippen molar-refractivity contribution in [3.63, 3.8) is 0 Å². The van der Waals surface area contributed by atoms with Gasteiger partial charge in [-0.05, 0) is 26.3 Å². The minimum atomic E-state index is -0.181. The molecular formula is C17H29N5O. The van der Waals surface area contributed by atoms with Crippen LogP contribution in [0.5, 0.6) is 0 Å². The number of carbonyl (C=O) groups excluding carboxylic acids is 1. The summed E-state index contributed by atoms with van der Waals surface area (Å²) in [6.07, 6.45) is 5.30. The Bertz CT molecular complexity index is 523. The van der Waals surface area contributed by atoms with Crippen molar-refractivity contribution in [2.24, 2.45) is 0 Å². The first-order valence-electron chi connectivity index (χ1n) is 8.43. The SMILES string of the molecule is CCN1CC[C@H](NC(=O)Nc2cnc(C(C)(C)C)nc2)C[C@H]1C. The highest BCUT2D eigenvalue weighted by Crippen LogP contribution is 2.19. The normalized spacial score (nSPS) is 22.7. The molecule has 1 saturated heterocycles. The first kappa shape index (κ1) is 17.7. The Balaban J connectivity index is 1.85. The Morgan fingerprint density at radius 1 is 1.35 bits per heavy atom. The second kappa shape index (κ2) is 7.25. The zero-order chi connectivity index (χ0) is 17.0. The number of nitrogens with one attached hydrogen (secondary N) is 2. The molecule has 2 rings (SSSR count). The monoisotopic (exact) mass is 319 g/mol. The fourth-order valence-corrected chi connectivity index (χ4v) is 2.95. The maximum absolute atomic E-state index is 12.1. The molecule has 2 amide bonds. The van der Waals surface area contributed by atoms with Gasteiger partial charge in [0.2, 0.25) is 0 Å². The van der Waals surface area contributed by atoms with E-state index >= 15 is 0 Å². The summed E-state index contributed by atoms with van der Waals surface area (Å²) in [6, 6.07) is 0.551. The van der Waals surface area contributed by atoms with Crippen LogP contribution in [0.25, 0.3) is 0 Å². The van der Waals surface area contributed by atoms with Crippen molar-refractivity contribution in [3.8, 4) is 0 Å². The highest BCUT2D eigenvalue weighted by molar-refractivity contribution is 5.89. The van der Waals surface area contributed by atoms with E-state index in [0.717, 1.165) is 31.8 Å². The van der Waals surface area contributed by atoms with Gasteiger partial charge in [0.15, 0.2) is 0 Å². The van der Waals surface area contributed by atoms with Crippen LogP contribution in [0.3, 0.4) is 0 Å². The molecule has 128 valence electrons.